The van der Waals surface area contributed by atoms with Crippen molar-refractivity contribution in [1.82, 2.24) is 4.98 Å². The number of aromatic nitrogens is 1. The number of phenols is 1. The zero-order valence-corrected chi connectivity index (χ0v) is 9.16. The fourth-order valence-corrected chi connectivity index (χ4v) is 2.54. The van der Waals surface area contributed by atoms with Crippen molar-refractivity contribution < 1.29 is 5.11 Å². The van der Waals surface area contributed by atoms with Gasteiger partial charge in [-0.3, -0.25) is 0 Å². The first kappa shape index (κ1) is 9.36. The van der Waals surface area contributed by atoms with Crippen molar-refractivity contribution in [3.63, 3.8) is 0 Å². The third-order valence-electron chi connectivity index (χ3n) is 2.33. The molecule has 3 aromatic rings. The van der Waals surface area contributed by atoms with Gasteiger partial charge < -0.3 is 5.11 Å². The van der Waals surface area contributed by atoms with Crippen LogP contribution in [0.2, 0.25) is 0 Å². The third-order valence-corrected chi connectivity index (χ3v) is 3.41. The number of fused-ring (bicyclic) bond motifs is 1. The summed E-state index contributed by atoms with van der Waals surface area (Å²) in [6, 6.07) is 16.0. The lowest BCUT2D eigenvalue weighted by molar-refractivity contribution is 0.474. The van der Waals surface area contributed by atoms with Crippen molar-refractivity contribution in [1.29, 1.82) is 0 Å². The van der Waals surface area contributed by atoms with E-state index in [0.717, 1.165) is 20.8 Å². The van der Waals surface area contributed by atoms with Crippen LogP contribution in [-0.2, 0) is 0 Å². The number of phenolic OH excluding ortho intramolecular Hbond substituents is 1. The summed E-state index contributed by atoms with van der Waals surface area (Å²) < 4.78 is 1.16. The van der Waals surface area contributed by atoms with Crippen LogP contribution in [0.4, 0.5) is 0 Å². The Hall–Kier alpha value is -1.87. The molecule has 0 saturated heterocycles. The Kier molecular flexibility index (Phi) is 2.11. The van der Waals surface area contributed by atoms with E-state index in [9.17, 15) is 5.11 Å². The van der Waals surface area contributed by atoms with Crippen LogP contribution < -0.4 is 0 Å². The number of thiazole rings is 1. The fraction of sp³-hybridized carbons (Fsp3) is 0. The topological polar surface area (TPSA) is 33.1 Å². The van der Waals surface area contributed by atoms with Crippen molar-refractivity contribution in [3.8, 4) is 16.3 Å². The lowest BCUT2D eigenvalue weighted by Crippen LogP contribution is -1.75. The molecule has 1 heterocycles. The van der Waals surface area contributed by atoms with Gasteiger partial charge in [0.05, 0.1) is 10.2 Å². The summed E-state index contributed by atoms with van der Waals surface area (Å²) in [6.45, 7) is 0. The van der Waals surface area contributed by atoms with Gasteiger partial charge in [0.25, 0.3) is 0 Å². The first-order valence-corrected chi connectivity index (χ1v) is 5.71. The molecule has 0 amide bonds. The molecule has 1 radical (unpaired) electrons. The van der Waals surface area contributed by atoms with E-state index in [2.05, 4.69) is 11.1 Å². The predicted molar refractivity (Wildman–Crippen MR) is 65.6 cm³/mol. The lowest BCUT2D eigenvalue weighted by Gasteiger charge is -1.95. The lowest BCUT2D eigenvalue weighted by atomic mass is 10.2. The summed E-state index contributed by atoms with van der Waals surface area (Å²) in [5.41, 5.74) is 1.92. The number of benzene rings is 2. The van der Waals surface area contributed by atoms with Gasteiger partial charge in [0.1, 0.15) is 10.8 Å². The van der Waals surface area contributed by atoms with E-state index in [0.29, 0.717) is 0 Å². The number of hydrogen-bond donors (Lipinski definition) is 1. The van der Waals surface area contributed by atoms with Gasteiger partial charge in [-0.2, -0.15) is 0 Å². The Bertz CT molecular complexity index is 612. The molecule has 1 N–H and O–H groups in total. The van der Waals surface area contributed by atoms with E-state index < -0.39 is 0 Å². The normalized spacial score (nSPS) is 10.8. The zero-order valence-electron chi connectivity index (χ0n) is 8.34. The molecule has 0 saturated carbocycles. The quantitative estimate of drug-likeness (QED) is 0.689. The number of aromatic hydroxyl groups is 1. The molecule has 77 valence electrons. The van der Waals surface area contributed by atoms with Crippen molar-refractivity contribution in [3.05, 3.63) is 48.5 Å². The van der Waals surface area contributed by atoms with E-state index in [1.54, 1.807) is 23.5 Å². The van der Waals surface area contributed by atoms with Crippen LogP contribution in [0.3, 0.4) is 0 Å². The molecule has 16 heavy (non-hydrogen) atoms. The van der Waals surface area contributed by atoms with Crippen molar-refractivity contribution in [2.45, 2.75) is 0 Å². The third kappa shape index (κ3) is 1.55. The Labute approximate surface area is 96.8 Å². The molecule has 3 heteroatoms. The largest absolute Gasteiger partial charge is 0.507 e. The predicted octanol–water partition coefficient (Wildman–Crippen LogP) is 3.47. The van der Waals surface area contributed by atoms with Crippen LogP contribution in [0.5, 0.6) is 5.75 Å². The van der Waals surface area contributed by atoms with E-state index in [4.69, 9.17) is 0 Å². The molecule has 0 fully saturated rings. The smallest absolute Gasteiger partial charge is 0.124 e. The van der Waals surface area contributed by atoms with Crippen LogP contribution in [0.1, 0.15) is 0 Å². The molecule has 2 aromatic carbocycles. The van der Waals surface area contributed by atoms with Crippen LogP contribution in [-0.4, -0.2) is 10.1 Å². The number of rotatable bonds is 1. The van der Waals surface area contributed by atoms with Gasteiger partial charge in [0, 0.05) is 11.6 Å². The fourth-order valence-electron chi connectivity index (χ4n) is 1.58. The minimum absolute atomic E-state index is 0.150. The molecule has 0 bridgehead atoms. The first-order valence-electron chi connectivity index (χ1n) is 4.89. The van der Waals surface area contributed by atoms with E-state index >= 15 is 0 Å². The zero-order chi connectivity index (χ0) is 11.0. The second-order valence-electron chi connectivity index (χ2n) is 3.45. The molecule has 1 aromatic heterocycles. The number of para-hydroxylation sites is 1. The summed E-state index contributed by atoms with van der Waals surface area (Å²) in [5, 5.41) is 10.3. The maximum absolute atomic E-state index is 9.37. The highest BCUT2D eigenvalue weighted by Gasteiger charge is 2.05. The van der Waals surface area contributed by atoms with Crippen molar-refractivity contribution >= 4 is 21.6 Å². The van der Waals surface area contributed by atoms with Gasteiger partial charge in [0.15, 0.2) is 0 Å². The molecule has 2 nitrogen and oxygen atoms in total. The Morgan fingerprint density at radius 2 is 2.06 bits per heavy atom. The Morgan fingerprint density at radius 1 is 1.19 bits per heavy atom. The Balaban J connectivity index is 2.19. The summed E-state index contributed by atoms with van der Waals surface area (Å²) in [6.07, 6.45) is 0. The van der Waals surface area contributed by atoms with Crippen LogP contribution >= 0.6 is 11.3 Å². The highest BCUT2D eigenvalue weighted by molar-refractivity contribution is 7.21. The molecule has 0 aliphatic rings. The molecule has 0 aliphatic heterocycles. The molecule has 3 rings (SSSR count). The standard InChI is InChI=1S/C13H8NOS/c15-10-5-3-4-9(8-10)13-14-11-6-1-2-7-12(11)16-13/h1-4,6-8,15H. The number of nitrogens with zero attached hydrogens (tertiary/aromatic N) is 1. The van der Waals surface area contributed by atoms with Crippen LogP contribution in [0.15, 0.2) is 42.5 Å². The van der Waals surface area contributed by atoms with Crippen molar-refractivity contribution in [2.75, 3.05) is 0 Å². The summed E-state index contributed by atoms with van der Waals surface area (Å²) in [7, 11) is 0. The monoisotopic (exact) mass is 226 g/mol. The van der Waals surface area contributed by atoms with Gasteiger partial charge in [-0.05, 0) is 24.3 Å². The summed E-state index contributed by atoms with van der Waals surface area (Å²) in [5.74, 6) is 0.150. The number of hydrogen-bond acceptors (Lipinski definition) is 3. The first-order chi connectivity index (χ1) is 7.83. The minimum atomic E-state index is 0.150. The molecular formula is C13H8NOS. The van der Waals surface area contributed by atoms with Gasteiger partial charge in [-0.15, -0.1) is 11.3 Å². The van der Waals surface area contributed by atoms with E-state index in [1.165, 1.54) is 0 Å². The van der Waals surface area contributed by atoms with E-state index in [1.807, 2.05) is 30.3 Å². The van der Waals surface area contributed by atoms with Gasteiger partial charge in [-0.1, -0.05) is 18.2 Å². The molecule has 0 spiro atoms. The van der Waals surface area contributed by atoms with Gasteiger partial charge in [0.2, 0.25) is 0 Å². The molecule has 0 atom stereocenters. The maximum Gasteiger partial charge on any atom is 0.124 e. The second kappa shape index (κ2) is 3.61. The van der Waals surface area contributed by atoms with Crippen LogP contribution in [0, 0.1) is 6.07 Å². The van der Waals surface area contributed by atoms with Crippen LogP contribution in [0.25, 0.3) is 20.8 Å². The molecular weight excluding hydrogens is 218 g/mol. The second-order valence-corrected chi connectivity index (χ2v) is 4.48. The van der Waals surface area contributed by atoms with E-state index in [-0.39, 0.29) is 5.75 Å². The highest BCUT2D eigenvalue weighted by Crippen LogP contribution is 2.31. The SMILES string of the molecule is Oc1[c]ccc(-c2nc3ccccc3s2)c1. The maximum atomic E-state index is 9.37. The highest BCUT2D eigenvalue weighted by atomic mass is 32.1. The summed E-state index contributed by atoms with van der Waals surface area (Å²) in [4.78, 5) is 4.52. The van der Waals surface area contributed by atoms with Gasteiger partial charge >= 0.3 is 0 Å². The van der Waals surface area contributed by atoms with Gasteiger partial charge in [-0.25, -0.2) is 4.98 Å². The average molecular weight is 226 g/mol. The minimum Gasteiger partial charge on any atom is -0.507 e. The average Bonchev–Trinajstić information content (AvgIpc) is 2.72. The van der Waals surface area contributed by atoms with Crippen molar-refractivity contribution in [2.24, 2.45) is 0 Å². The summed E-state index contributed by atoms with van der Waals surface area (Å²) >= 11 is 1.62. The molecule has 0 unspecified atom stereocenters. The Morgan fingerprint density at radius 3 is 2.88 bits per heavy atom. The molecule has 0 aliphatic carbocycles.